The van der Waals surface area contributed by atoms with Crippen LogP contribution in [0.2, 0.25) is 5.02 Å². The van der Waals surface area contributed by atoms with Crippen LogP contribution in [-0.2, 0) is 14.8 Å². The second-order valence-corrected chi connectivity index (χ2v) is 9.90. The zero-order valence-corrected chi connectivity index (χ0v) is 17.9. The maximum Gasteiger partial charge on any atom is 0.271 e. The van der Waals surface area contributed by atoms with Gasteiger partial charge in [0.15, 0.2) is 0 Å². The van der Waals surface area contributed by atoms with E-state index >= 15 is 0 Å². The minimum atomic E-state index is -3.57. The summed E-state index contributed by atoms with van der Waals surface area (Å²) < 4.78 is 26.6. The van der Waals surface area contributed by atoms with Crippen LogP contribution in [0.3, 0.4) is 0 Å². The molecule has 0 aliphatic carbocycles. The molecule has 0 radical (unpaired) electrons. The maximum atomic E-state index is 12.5. The highest BCUT2D eigenvalue weighted by Gasteiger charge is 2.30. The summed E-state index contributed by atoms with van der Waals surface area (Å²) in [4.78, 5) is 36.3. The summed E-state index contributed by atoms with van der Waals surface area (Å²) in [6, 6.07) is 6.65. The summed E-state index contributed by atoms with van der Waals surface area (Å²) in [7, 11) is -3.57. The van der Waals surface area contributed by atoms with E-state index in [4.69, 9.17) is 11.6 Å². The fraction of sp³-hybridized carbons (Fsp3) is 0.294. The normalized spacial score (nSPS) is 15.0. The summed E-state index contributed by atoms with van der Waals surface area (Å²) in [5.41, 5.74) is -0.365. The SMILES string of the molecule is O=C(NCC(=O)N1CCN(S(=O)(=O)c2cccs2)CC1)c1cc(Cl)cc([N+](=O)[O-])c1. The van der Waals surface area contributed by atoms with Crippen LogP contribution in [0.15, 0.2) is 39.9 Å². The zero-order chi connectivity index (χ0) is 21.9. The summed E-state index contributed by atoms with van der Waals surface area (Å²) in [5.74, 6) is -1.05. The van der Waals surface area contributed by atoms with Crippen molar-refractivity contribution in [2.24, 2.45) is 0 Å². The average Bonchev–Trinajstić information content (AvgIpc) is 3.27. The Balaban J connectivity index is 1.54. The predicted octanol–water partition coefficient (Wildman–Crippen LogP) is 1.57. The van der Waals surface area contributed by atoms with Crippen molar-refractivity contribution in [3.63, 3.8) is 0 Å². The van der Waals surface area contributed by atoms with E-state index in [2.05, 4.69) is 5.32 Å². The van der Waals surface area contributed by atoms with E-state index in [1.165, 1.54) is 21.3 Å². The minimum absolute atomic E-state index is 0.0312. The molecule has 2 aromatic rings. The second-order valence-electron chi connectivity index (χ2n) is 6.35. The van der Waals surface area contributed by atoms with Crippen LogP contribution in [0.25, 0.3) is 0 Å². The molecule has 30 heavy (non-hydrogen) atoms. The monoisotopic (exact) mass is 472 g/mol. The van der Waals surface area contributed by atoms with Crippen LogP contribution in [0, 0.1) is 10.1 Å². The van der Waals surface area contributed by atoms with Gasteiger partial charge >= 0.3 is 0 Å². The molecule has 2 amide bonds. The zero-order valence-electron chi connectivity index (χ0n) is 15.5. The van der Waals surface area contributed by atoms with Crippen molar-refractivity contribution in [3.8, 4) is 0 Å². The van der Waals surface area contributed by atoms with Gasteiger partial charge < -0.3 is 10.2 Å². The van der Waals surface area contributed by atoms with Crippen LogP contribution in [-0.4, -0.2) is 67.1 Å². The largest absolute Gasteiger partial charge is 0.343 e. The number of halogens is 1. The molecule has 1 aromatic heterocycles. The lowest BCUT2D eigenvalue weighted by Crippen LogP contribution is -2.52. The molecule has 0 saturated carbocycles. The van der Waals surface area contributed by atoms with E-state index < -0.39 is 20.9 Å². The Kier molecular flexibility index (Phi) is 6.71. The molecule has 1 aliphatic rings. The van der Waals surface area contributed by atoms with E-state index in [1.54, 1.807) is 11.4 Å². The van der Waals surface area contributed by atoms with Gasteiger partial charge in [-0.25, -0.2) is 8.42 Å². The number of benzene rings is 1. The van der Waals surface area contributed by atoms with Crippen molar-refractivity contribution in [1.29, 1.82) is 0 Å². The quantitative estimate of drug-likeness (QED) is 0.501. The first-order valence-corrected chi connectivity index (χ1v) is 11.4. The molecule has 1 fully saturated rings. The van der Waals surface area contributed by atoms with Gasteiger partial charge in [-0.2, -0.15) is 4.31 Å². The number of nitrogens with one attached hydrogen (secondary N) is 1. The lowest BCUT2D eigenvalue weighted by atomic mass is 10.2. The Bertz CT molecular complexity index is 1070. The van der Waals surface area contributed by atoms with Crippen LogP contribution in [0.4, 0.5) is 5.69 Å². The van der Waals surface area contributed by atoms with Gasteiger partial charge in [0.2, 0.25) is 5.91 Å². The number of thiophene rings is 1. The number of nitro benzene ring substituents is 1. The lowest BCUT2D eigenvalue weighted by molar-refractivity contribution is -0.384. The number of carbonyl (C=O) groups excluding carboxylic acids is 2. The van der Waals surface area contributed by atoms with Crippen molar-refractivity contribution in [3.05, 3.63) is 56.4 Å². The van der Waals surface area contributed by atoms with E-state index in [0.717, 1.165) is 23.5 Å². The fourth-order valence-corrected chi connectivity index (χ4v) is 5.69. The molecule has 160 valence electrons. The highest BCUT2D eigenvalue weighted by Crippen LogP contribution is 2.22. The molecule has 13 heteroatoms. The molecule has 0 spiro atoms. The van der Waals surface area contributed by atoms with Crippen molar-refractivity contribution in [1.82, 2.24) is 14.5 Å². The predicted molar refractivity (Wildman–Crippen MR) is 110 cm³/mol. The minimum Gasteiger partial charge on any atom is -0.343 e. The molecule has 2 heterocycles. The topological polar surface area (TPSA) is 130 Å². The fourth-order valence-electron chi connectivity index (χ4n) is 2.90. The van der Waals surface area contributed by atoms with Gasteiger partial charge in [-0.1, -0.05) is 17.7 Å². The molecule has 0 bridgehead atoms. The van der Waals surface area contributed by atoms with E-state index in [1.807, 2.05) is 0 Å². The summed E-state index contributed by atoms with van der Waals surface area (Å²) in [5, 5.41) is 15.0. The highest BCUT2D eigenvalue weighted by atomic mass is 35.5. The summed E-state index contributed by atoms with van der Waals surface area (Å²) in [6.07, 6.45) is 0. The van der Waals surface area contributed by atoms with Gasteiger partial charge in [0.05, 0.1) is 11.5 Å². The van der Waals surface area contributed by atoms with E-state index in [-0.39, 0.29) is 59.1 Å². The van der Waals surface area contributed by atoms with Gasteiger partial charge in [0.1, 0.15) is 4.21 Å². The molecule has 1 aliphatic heterocycles. The van der Waals surface area contributed by atoms with Crippen LogP contribution < -0.4 is 5.32 Å². The number of rotatable bonds is 6. The molecule has 1 saturated heterocycles. The van der Waals surface area contributed by atoms with Gasteiger partial charge in [-0.05, 0) is 17.5 Å². The Morgan fingerprint density at radius 3 is 2.50 bits per heavy atom. The van der Waals surface area contributed by atoms with Gasteiger partial charge in [-0.3, -0.25) is 19.7 Å². The molecule has 0 unspecified atom stereocenters. The third kappa shape index (κ3) is 4.95. The first kappa shape index (κ1) is 22.2. The van der Waals surface area contributed by atoms with E-state index in [9.17, 15) is 28.1 Å². The number of sulfonamides is 1. The number of non-ortho nitro benzene ring substituents is 1. The highest BCUT2D eigenvalue weighted by molar-refractivity contribution is 7.91. The lowest BCUT2D eigenvalue weighted by Gasteiger charge is -2.33. The standard InChI is InChI=1S/C17H17ClN4O6S2/c18-13-8-12(9-14(10-13)22(25)26)17(24)19-11-15(23)20-3-5-21(6-4-20)30(27,28)16-2-1-7-29-16/h1-2,7-10H,3-6,11H2,(H,19,24). The summed E-state index contributed by atoms with van der Waals surface area (Å²) >= 11 is 6.93. The third-order valence-electron chi connectivity index (χ3n) is 4.44. The Morgan fingerprint density at radius 2 is 1.90 bits per heavy atom. The first-order chi connectivity index (χ1) is 14.2. The number of nitrogens with zero attached hydrogens (tertiary/aromatic N) is 3. The van der Waals surface area contributed by atoms with Crippen molar-refractivity contribution in [2.75, 3.05) is 32.7 Å². The molecule has 1 aromatic carbocycles. The second kappa shape index (κ2) is 9.08. The van der Waals surface area contributed by atoms with E-state index in [0.29, 0.717) is 0 Å². The number of amides is 2. The van der Waals surface area contributed by atoms with Crippen LogP contribution in [0.5, 0.6) is 0 Å². The smallest absolute Gasteiger partial charge is 0.271 e. The van der Waals surface area contributed by atoms with Crippen molar-refractivity contribution in [2.45, 2.75) is 4.21 Å². The Hall–Kier alpha value is -2.54. The van der Waals surface area contributed by atoms with Crippen LogP contribution in [0.1, 0.15) is 10.4 Å². The number of hydrogen-bond donors (Lipinski definition) is 1. The number of carbonyl (C=O) groups is 2. The van der Waals surface area contributed by atoms with Crippen LogP contribution >= 0.6 is 22.9 Å². The Labute approximate surface area is 181 Å². The molecule has 3 rings (SSSR count). The van der Waals surface area contributed by atoms with Gasteiger partial charge in [-0.15, -0.1) is 11.3 Å². The third-order valence-corrected chi connectivity index (χ3v) is 7.93. The number of nitro groups is 1. The van der Waals surface area contributed by atoms with Crippen molar-refractivity contribution >= 4 is 50.5 Å². The Morgan fingerprint density at radius 1 is 1.20 bits per heavy atom. The number of hydrogen-bond acceptors (Lipinski definition) is 7. The average molecular weight is 473 g/mol. The summed E-state index contributed by atoms with van der Waals surface area (Å²) in [6.45, 7) is 0.377. The molecular formula is C17H17ClN4O6S2. The van der Waals surface area contributed by atoms with Gasteiger partial charge in [0.25, 0.3) is 21.6 Å². The molecule has 0 atom stereocenters. The first-order valence-electron chi connectivity index (χ1n) is 8.73. The maximum absolute atomic E-state index is 12.5. The number of piperazine rings is 1. The molecular weight excluding hydrogens is 456 g/mol. The van der Waals surface area contributed by atoms with Gasteiger partial charge in [0, 0.05) is 48.9 Å². The molecule has 10 nitrogen and oxygen atoms in total. The van der Waals surface area contributed by atoms with Crippen molar-refractivity contribution < 1.29 is 22.9 Å². The molecule has 1 N–H and O–H groups in total.